The summed E-state index contributed by atoms with van der Waals surface area (Å²) >= 11 is 0. The van der Waals surface area contributed by atoms with Crippen LogP contribution >= 0.6 is 0 Å². The Morgan fingerprint density at radius 2 is 1.56 bits per heavy atom. The van der Waals surface area contributed by atoms with Crippen molar-refractivity contribution in [3.63, 3.8) is 0 Å². The number of carbonyl (C=O) groups is 1. The number of rotatable bonds is 6. The quantitative estimate of drug-likeness (QED) is 0.478. The average molecular weight is 284 g/mol. The van der Waals surface area contributed by atoms with Crippen molar-refractivity contribution in [2.75, 3.05) is 33.7 Å². The molecule has 6 heteroatoms. The Balaban J connectivity index is -0.000000177. The minimum Gasteiger partial charge on any atom is -1.00 e. The summed E-state index contributed by atoms with van der Waals surface area (Å²) in [5.74, 6) is -1.07. The zero-order valence-electron chi connectivity index (χ0n) is 12.5. The molecule has 0 fully saturated rings. The Morgan fingerprint density at radius 1 is 1.17 bits per heavy atom. The van der Waals surface area contributed by atoms with Gasteiger partial charge in [-0.25, -0.2) is 0 Å². The molecule has 0 aromatic rings. The van der Waals surface area contributed by atoms with Crippen molar-refractivity contribution < 1.29 is 33.8 Å². The highest BCUT2D eigenvalue weighted by atomic mass is 35.5. The Hall–Kier alpha value is -0.620. The second-order valence-electron chi connectivity index (χ2n) is 2.99. The molecular formula is C12H30ClN3O2. The summed E-state index contributed by atoms with van der Waals surface area (Å²) in [4.78, 5) is 12.6. The predicted molar refractivity (Wildman–Crippen MR) is 68.8 cm³/mol. The van der Waals surface area contributed by atoms with Crippen molar-refractivity contribution in [3.8, 4) is 0 Å². The molecule has 0 aliphatic heterocycles. The molecule has 0 saturated carbocycles. The van der Waals surface area contributed by atoms with Crippen LogP contribution in [0.15, 0.2) is 11.6 Å². The fraction of sp³-hybridized carbons (Fsp3) is 0.750. The molecule has 0 atom stereocenters. The molecule has 0 unspecified atom stereocenters. The van der Waals surface area contributed by atoms with Crippen molar-refractivity contribution in [3.05, 3.63) is 11.6 Å². The number of aliphatic carboxylic acids is 1. The number of halogens is 1. The van der Waals surface area contributed by atoms with Crippen LogP contribution in [0.3, 0.4) is 0 Å². The van der Waals surface area contributed by atoms with E-state index in [-0.39, 0.29) is 12.4 Å². The summed E-state index contributed by atoms with van der Waals surface area (Å²) in [6.07, 6.45) is 2.50. The molecule has 0 aliphatic carbocycles. The van der Waals surface area contributed by atoms with Gasteiger partial charge in [0.25, 0.3) is 0 Å². The predicted octanol–water partition coefficient (Wildman–Crippen LogP) is -4.87. The minimum atomic E-state index is -1.07. The van der Waals surface area contributed by atoms with Gasteiger partial charge in [0.05, 0.1) is 20.1 Å². The molecule has 5 nitrogen and oxygen atoms in total. The van der Waals surface area contributed by atoms with Crippen LogP contribution in [0.2, 0.25) is 0 Å². The number of carbonyl (C=O) groups excluding carboxylic acids is 1. The number of carboxylic acids is 1. The summed E-state index contributed by atoms with van der Waals surface area (Å²) in [5, 5.41) is 10.3. The molecule has 112 valence electrons. The van der Waals surface area contributed by atoms with Crippen LogP contribution in [0.5, 0.6) is 0 Å². The second kappa shape index (κ2) is 21.6. The topological polar surface area (TPSA) is 98.7 Å². The molecule has 6 N–H and O–H groups in total. The number of hydrogen-bond acceptors (Lipinski definition) is 3. The highest BCUT2D eigenvalue weighted by molar-refractivity contribution is 5.83. The molecule has 0 bridgehead atoms. The average Bonchev–Trinajstić information content (AvgIpc) is 2.39. The van der Waals surface area contributed by atoms with Crippen molar-refractivity contribution in [1.82, 2.24) is 4.90 Å². The van der Waals surface area contributed by atoms with Gasteiger partial charge in [-0.15, -0.1) is 0 Å². The van der Waals surface area contributed by atoms with Gasteiger partial charge in [0.15, 0.2) is 0 Å². The maximum atomic E-state index is 10.3. The largest absolute Gasteiger partial charge is 1.00 e. The molecule has 0 radical (unpaired) electrons. The Bertz CT molecular complexity index is 196. The van der Waals surface area contributed by atoms with E-state index in [1.165, 1.54) is 0 Å². The summed E-state index contributed by atoms with van der Waals surface area (Å²) in [6.45, 7) is 8.69. The zero-order chi connectivity index (χ0) is 14.3. The van der Waals surface area contributed by atoms with Gasteiger partial charge in [-0.2, -0.15) is 0 Å². The van der Waals surface area contributed by atoms with Crippen molar-refractivity contribution in [1.29, 1.82) is 0 Å². The number of nitrogens with zero attached hydrogens (tertiary/aromatic N) is 1. The van der Waals surface area contributed by atoms with E-state index in [0.29, 0.717) is 5.57 Å². The lowest BCUT2D eigenvalue weighted by Gasteiger charge is -2.16. The van der Waals surface area contributed by atoms with Crippen LogP contribution in [0.1, 0.15) is 27.2 Å². The SMILES string of the molecule is CCN(CC)CCC=C(C)C(=O)[O-].C[NH3+].C[NH3+].[Cl-]. The Morgan fingerprint density at radius 3 is 1.83 bits per heavy atom. The third-order valence-electron chi connectivity index (χ3n) is 2.11. The van der Waals surface area contributed by atoms with Crippen molar-refractivity contribution in [2.24, 2.45) is 0 Å². The number of carboxylic acid groups (broad SMARTS) is 1. The maximum absolute atomic E-state index is 10.3. The van der Waals surface area contributed by atoms with Gasteiger partial charge in [-0.1, -0.05) is 19.9 Å². The van der Waals surface area contributed by atoms with E-state index in [9.17, 15) is 9.90 Å². The summed E-state index contributed by atoms with van der Waals surface area (Å²) in [6, 6.07) is 0. The van der Waals surface area contributed by atoms with E-state index >= 15 is 0 Å². The molecule has 0 saturated heterocycles. The summed E-state index contributed by atoms with van der Waals surface area (Å²) < 4.78 is 0. The molecule has 0 aliphatic rings. The Labute approximate surface area is 118 Å². The van der Waals surface area contributed by atoms with E-state index < -0.39 is 5.97 Å². The number of quaternary nitrogens is 2. The fourth-order valence-corrected chi connectivity index (χ4v) is 1.09. The number of hydrogen-bond donors (Lipinski definition) is 2. The van der Waals surface area contributed by atoms with Crippen LogP contribution in [0.25, 0.3) is 0 Å². The van der Waals surface area contributed by atoms with E-state index in [0.717, 1.165) is 26.1 Å². The van der Waals surface area contributed by atoms with Crippen LogP contribution in [-0.2, 0) is 4.79 Å². The standard InChI is InChI=1S/C10H19NO2.2CH5N.ClH/c1-4-11(5-2)8-6-7-9(3)10(12)13;2*1-2;/h7H,4-6,8H2,1-3H3,(H,12,13);2*2H2,1H3;1H. The molecule has 0 amide bonds. The van der Waals surface area contributed by atoms with Gasteiger partial charge >= 0.3 is 0 Å². The van der Waals surface area contributed by atoms with Gasteiger partial charge in [0.2, 0.25) is 0 Å². The normalized spacial score (nSPS) is 9.44. The van der Waals surface area contributed by atoms with E-state index in [1.807, 2.05) is 0 Å². The summed E-state index contributed by atoms with van der Waals surface area (Å²) in [7, 11) is 3.50. The van der Waals surface area contributed by atoms with Gasteiger partial charge in [0.1, 0.15) is 0 Å². The first kappa shape index (κ1) is 26.0. The first-order valence-corrected chi connectivity index (χ1v) is 6.13. The molecule has 0 aromatic heterocycles. The van der Waals surface area contributed by atoms with E-state index in [2.05, 4.69) is 30.2 Å². The van der Waals surface area contributed by atoms with Crippen molar-refractivity contribution in [2.45, 2.75) is 27.2 Å². The molecule has 0 rings (SSSR count). The molecule has 0 heterocycles. The van der Waals surface area contributed by atoms with Crippen LogP contribution < -0.4 is 29.0 Å². The second-order valence-corrected chi connectivity index (χ2v) is 2.99. The molecule has 18 heavy (non-hydrogen) atoms. The lowest BCUT2D eigenvalue weighted by molar-refractivity contribution is -0.325. The Kier molecular flexibility index (Phi) is 31.3. The lowest BCUT2D eigenvalue weighted by atomic mass is 10.2. The first-order valence-electron chi connectivity index (χ1n) is 6.13. The van der Waals surface area contributed by atoms with Gasteiger partial charge in [0, 0.05) is 6.54 Å². The van der Waals surface area contributed by atoms with E-state index in [1.54, 1.807) is 27.1 Å². The fourth-order valence-electron chi connectivity index (χ4n) is 1.09. The minimum absolute atomic E-state index is 0. The summed E-state index contributed by atoms with van der Waals surface area (Å²) in [5.41, 5.74) is 6.83. The van der Waals surface area contributed by atoms with E-state index in [4.69, 9.17) is 0 Å². The lowest BCUT2D eigenvalue weighted by Crippen LogP contribution is -3.00. The molecule has 0 aromatic carbocycles. The third kappa shape index (κ3) is 17.8. The highest BCUT2D eigenvalue weighted by Gasteiger charge is 1.96. The maximum Gasteiger partial charge on any atom is 0.0668 e. The van der Waals surface area contributed by atoms with Crippen LogP contribution in [0, 0.1) is 0 Å². The van der Waals surface area contributed by atoms with Crippen LogP contribution in [-0.4, -0.2) is 44.6 Å². The van der Waals surface area contributed by atoms with Gasteiger partial charge in [-0.3, -0.25) is 0 Å². The third-order valence-corrected chi connectivity index (χ3v) is 2.11. The van der Waals surface area contributed by atoms with Crippen LogP contribution in [0.4, 0.5) is 0 Å². The highest BCUT2D eigenvalue weighted by Crippen LogP contribution is 1.96. The smallest absolute Gasteiger partial charge is 0.0668 e. The van der Waals surface area contributed by atoms with Gasteiger partial charge in [-0.05, 0) is 32.0 Å². The zero-order valence-corrected chi connectivity index (χ0v) is 13.2. The molecule has 0 spiro atoms. The monoisotopic (exact) mass is 283 g/mol. The molecular weight excluding hydrogens is 254 g/mol. The van der Waals surface area contributed by atoms with Crippen molar-refractivity contribution >= 4 is 5.97 Å². The first-order chi connectivity index (χ1) is 8.11. The van der Waals surface area contributed by atoms with Gasteiger partial charge < -0.3 is 38.7 Å².